The summed E-state index contributed by atoms with van der Waals surface area (Å²) in [6.07, 6.45) is 3.64. The third-order valence-corrected chi connectivity index (χ3v) is 2.34. The molecule has 0 aliphatic rings. The zero-order valence-electron chi connectivity index (χ0n) is 8.99. The van der Waals surface area contributed by atoms with Crippen molar-refractivity contribution in [1.29, 1.82) is 0 Å². The Labute approximate surface area is 85.7 Å². The lowest BCUT2D eigenvalue weighted by Crippen LogP contribution is -2.38. The summed E-state index contributed by atoms with van der Waals surface area (Å²) in [4.78, 5) is 0. The molecule has 0 amide bonds. The minimum atomic E-state index is 0.258. The van der Waals surface area contributed by atoms with Gasteiger partial charge in [0, 0.05) is 25.0 Å². The van der Waals surface area contributed by atoms with Crippen LogP contribution in [0.25, 0.3) is 0 Å². The van der Waals surface area contributed by atoms with Crippen molar-refractivity contribution in [3.8, 4) is 0 Å². The van der Waals surface area contributed by atoms with Gasteiger partial charge in [0.15, 0.2) is 0 Å². The minimum Gasteiger partial charge on any atom is -0.469 e. The van der Waals surface area contributed by atoms with Crippen molar-refractivity contribution in [3.63, 3.8) is 0 Å². The molecule has 14 heavy (non-hydrogen) atoms. The van der Waals surface area contributed by atoms with Crippen molar-refractivity contribution in [2.24, 2.45) is 5.73 Å². The largest absolute Gasteiger partial charge is 0.469 e. The first kappa shape index (κ1) is 11.3. The predicted molar refractivity (Wildman–Crippen MR) is 58.1 cm³/mol. The van der Waals surface area contributed by atoms with E-state index < -0.39 is 0 Å². The van der Waals surface area contributed by atoms with E-state index in [0.29, 0.717) is 6.04 Å². The van der Waals surface area contributed by atoms with Crippen LogP contribution in [0.2, 0.25) is 0 Å². The van der Waals surface area contributed by atoms with Crippen LogP contribution in [0.1, 0.15) is 26.0 Å². The fourth-order valence-corrected chi connectivity index (χ4v) is 1.30. The number of hydrogen-bond acceptors (Lipinski definition) is 3. The second-order valence-corrected chi connectivity index (χ2v) is 3.76. The molecule has 0 fully saturated rings. The third-order valence-electron chi connectivity index (χ3n) is 2.34. The summed E-state index contributed by atoms with van der Waals surface area (Å²) < 4.78 is 5.27. The highest BCUT2D eigenvalue weighted by Gasteiger charge is 2.06. The van der Waals surface area contributed by atoms with Gasteiger partial charge in [-0.05, 0) is 25.5 Å². The van der Waals surface area contributed by atoms with Gasteiger partial charge in [0.05, 0.1) is 6.26 Å². The molecule has 2 unspecified atom stereocenters. The first-order chi connectivity index (χ1) is 6.72. The summed E-state index contributed by atoms with van der Waals surface area (Å²) in [7, 11) is 0. The van der Waals surface area contributed by atoms with Gasteiger partial charge < -0.3 is 15.5 Å². The van der Waals surface area contributed by atoms with Crippen molar-refractivity contribution in [1.82, 2.24) is 5.32 Å². The second-order valence-electron chi connectivity index (χ2n) is 3.76. The summed E-state index contributed by atoms with van der Waals surface area (Å²) in [5.41, 5.74) is 5.81. The summed E-state index contributed by atoms with van der Waals surface area (Å²) in [6.45, 7) is 5.12. The fourth-order valence-electron chi connectivity index (χ4n) is 1.30. The van der Waals surface area contributed by atoms with Crippen molar-refractivity contribution < 1.29 is 4.42 Å². The van der Waals surface area contributed by atoms with Gasteiger partial charge >= 0.3 is 0 Å². The van der Waals surface area contributed by atoms with Crippen LogP contribution in [-0.4, -0.2) is 18.6 Å². The van der Waals surface area contributed by atoms with E-state index in [2.05, 4.69) is 19.2 Å². The van der Waals surface area contributed by atoms with Crippen LogP contribution in [0.5, 0.6) is 0 Å². The van der Waals surface area contributed by atoms with Crippen molar-refractivity contribution in [2.75, 3.05) is 6.54 Å². The molecule has 0 aromatic carbocycles. The maximum absolute atomic E-state index is 5.81. The van der Waals surface area contributed by atoms with Gasteiger partial charge in [0.1, 0.15) is 5.76 Å². The Hall–Kier alpha value is -0.800. The molecule has 0 aliphatic carbocycles. The first-order valence-electron chi connectivity index (χ1n) is 5.23. The fraction of sp³-hybridized carbons (Fsp3) is 0.636. The lowest BCUT2D eigenvalue weighted by atomic mass is 10.1. The van der Waals surface area contributed by atoms with Crippen LogP contribution in [0, 0.1) is 0 Å². The molecule has 3 nitrogen and oxygen atoms in total. The summed E-state index contributed by atoms with van der Waals surface area (Å²) in [5, 5.41) is 3.39. The molecule has 3 heteroatoms. The average Bonchev–Trinajstić information content (AvgIpc) is 2.66. The number of nitrogens with one attached hydrogen (secondary N) is 1. The highest BCUT2D eigenvalue weighted by atomic mass is 16.3. The monoisotopic (exact) mass is 196 g/mol. The Balaban J connectivity index is 2.19. The van der Waals surface area contributed by atoms with E-state index in [1.165, 1.54) is 0 Å². The Morgan fingerprint density at radius 3 is 2.93 bits per heavy atom. The molecule has 0 saturated heterocycles. The van der Waals surface area contributed by atoms with E-state index in [1.807, 2.05) is 12.1 Å². The summed E-state index contributed by atoms with van der Waals surface area (Å²) in [6, 6.07) is 4.59. The molecule has 80 valence electrons. The molecule has 3 N–H and O–H groups in total. The summed E-state index contributed by atoms with van der Waals surface area (Å²) >= 11 is 0. The van der Waals surface area contributed by atoms with Crippen molar-refractivity contribution in [3.05, 3.63) is 24.2 Å². The quantitative estimate of drug-likeness (QED) is 0.725. The molecule has 1 aromatic rings. The Morgan fingerprint density at radius 1 is 1.57 bits per heavy atom. The molecular weight excluding hydrogens is 176 g/mol. The number of furan rings is 1. The molecule has 0 bridgehead atoms. The standard InChI is InChI=1S/C11H20N2O/c1-3-10(12)8-13-9(2)7-11-5-4-6-14-11/h4-6,9-10,13H,3,7-8,12H2,1-2H3. The SMILES string of the molecule is CCC(N)CNC(C)Cc1ccco1. The van der Waals surface area contributed by atoms with Gasteiger partial charge in [-0.25, -0.2) is 0 Å². The summed E-state index contributed by atoms with van der Waals surface area (Å²) in [5.74, 6) is 1.02. The lowest BCUT2D eigenvalue weighted by Gasteiger charge is -2.15. The smallest absolute Gasteiger partial charge is 0.105 e. The molecular formula is C11H20N2O. The van der Waals surface area contributed by atoms with E-state index in [1.54, 1.807) is 6.26 Å². The maximum Gasteiger partial charge on any atom is 0.105 e. The predicted octanol–water partition coefficient (Wildman–Crippen LogP) is 1.54. The van der Waals surface area contributed by atoms with Crippen LogP contribution in [0.4, 0.5) is 0 Å². The highest BCUT2D eigenvalue weighted by molar-refractivity contribution is 4.99. The van der Waals surface area contributed by atoms with Crippen LogP contribution in [-0.2, 0) is 6.42 Å². The Kier molecular flexibility index (Phi) is 4.70. The van der Waals surface area contributed by atoms with Gasteiger partial charge in [-0.2, -0.15) is 0 Å². The molecule has 1 aromatic heterocycles. The van der Waals surface area contributed by atoms with Crippen LogP contribution in [0.3, 0.4) is 0 Å². The van der Waals surface area contributed by atoms with E-state index in [0.717, 1.165) is 25.1 Å². The van der Waals surface area contributed by atoms with Gasteiger partial charge in [-0.1, -0.05) is 6.92 Å². The third kappa shape index (κ3) is 3.94. The van der Waals surface area contributed by atoms with E-state index >= 15 is 0 Å². The lowest BCUT2D eigenvalue weighted by molar-refractivity contribution is 0.442. The van der Waals surface area contributed by atoms with Crippen molar-refractivity contribution >= 4 is 0 Å². The van der Waals surface area contributed by atoms with Gasteiger partial charge in [-0.3, -0.25) is 0 Å². The van der Waals surface area contributed by atoms with E-state index in [-0.39, 0.29) is 6.04 Å². The topological polar surface area (TPSA) is 51.2 Å². The zero-order chi connectivity index (χ0) is 10.4. The Bertz CT molecular complexity index is 233. The van der Waals surface area contributed by atoms with Gasteiger partial charge in [0.25, 0.3) is 0 Å². The number of rotatable bonds is 6. The number of hydrogen-bond donors (Lipinski definition) is 2. The van der Waals surface area contributed by atoms with Crippen LogP contribution < -0.4 is 11.1 Å². The molecule has 2 atom stereocenters. The van der Waals surface area contributed by atoms with E-state index in [4.69, 9.17) is 10.2 Å². The van der Waals surface area contributed by atoms with Gasteiger partial charge in [0.2, 0.25) is 0 Å². The molecule has 0 spiro atoms. The minimum absolute atomic E-state index is 0.258. The first-order valence-corrected chi connectivity index (χ1v) is 5.23. The number of nitrogens with two attached hydrogens (primary N) is 1. The second kappa shape index (κ2) is 5.83. The van der Waals surface area contributed by atoms with Crippen molar-refractivity contribution in [2.45, 2.75) is 38.8 Å². The molecule has 0 aliphatic heterocycles. The Morgan fingerprint density at radius 2 is 2.36 bits per heavy atom. The molecule has 0 radical (unpaired) electrons. The zero-order valence-corrected chi connectivity index (χ0v) is 8.99. The maximum atomic E-state index is 5.81. The molecule has 1 heterocycles. The average molecular weight is 196 g/mol. The van der Waals surface area contributed by atoms with Crippen LogP contribution >= 0.6 is 0 Å². The van der Waals surface area contributed by atoms with Crippen LogP contribution in [0.15, 0.2) is 22.8 Å². The molecule has 0 saturated carbocycles. The normalized spacial score (nSPS) is 15.4. The molecule has 1 rings (SSSR count). The van der Waals surface area contributed by atoms with Gasteiger partial charge in [-0.15, -0.1) is 0 Å². The van der Waals surface area contributed by atoms with E-state index in [9.17, 15) is 0 Å². The highest BCUT2D eigenvalue weighted by Crippen LogP contribution is 2.03.